The fraction of sp³-hybridized carbons (Fsp3) is 0.400. The Morgan fingerprint density at radius 1 is 1.29 bits per heavy atom. The zero-order valence-corrected chi connectivity index (χ0v) is 12.1. The molecule has 0 saturated heterocycles. The molecule has 0 atom stereocenters. The molecule has 1 N–H and O–H groups in total. The summed E-state index contributed by atoms with van der Waals surface area (Å²) in [7, 11) is -0.0560. The molecule has 4 nitrogen and oxygen atoms in total. The molecular weight excluding hydrogens is 283 g/mol. The van der Waals surface area contributed by atoms with Gasteiger partial charge in [0, 0.05) is 25.2 Å². The van der Waals surface area contributed by atoms with Gasteiger partial charge in [-0.3, -0.25) is 0 Å². The van der Waals surface area contributed by atoms with Crippen LogP contribution in [0.1, 0.15) is 0 Å². The molecule has 0 saturated carbocycles. The minimum atomic E-state index is -3.39. The van der Waals surface area contributed by atoms with Gasteiger partial charge in [-0.15, -0.1) is 12.4 Å². The van der Waals surface area contributed by atoms with Crippen LogP contribution in [0.3, 0.4) is 0 Å². The molecule has 0 radical (unpaired) electrons. The summed E-state index contributed by atoms with van der Waals surface area (Å²) in [5.74, 6) is 0. The van der Waals surface area contributed by atoms with Gasteiger partial charge in [0.2, 0.25) is 10.0 Å². The number of nitrogens with zero attached hydrogens (tertiary/aromatic N) is 1. The van der Waals surface area contributed by atoms with Gasteiger partial charge in [0.1, 0.15) is 0 Å². The summed E-state index contributed by atoms with van der Waals surface area (Å²) in [6.07, 6.45) is 0. The van der Waals surface area contributed by atoms with Gasteiger partial charge in [-0.1, -0.05) is 11.6 Å². The molecule has 17 heavy (non-hydrogen) atoms. The van der Waals surface area contributed by atoms with E-state index in [1.54, 1.807) is 26.2 Å². The van der Waals surface area contributed by atoms with E-state index in [1.807, 2.05) is 0 Å². The maximum absolute atomic E-state index is 12.0. The molecule has 1 aromatic rings. The van der Waals surface area contributed by atoms with Crippen molar-refractivity contribution in [1.82, 2.24) is 9.62 Å². The number of likely N-dealkylation sites (N-methyl/N-ethyl adjacent to an activating group) is 2. The number of hydrogen-bond donors (Lipinski definition) is 1. The van der Waals surface area contributed by atoms with Gasteiger partial charge in [0.15, 0.2) is 0 Å². The van der Waals surface area contributed by atoms with E-state index < -0.39 is 10.0 Å². The first-order valence-corrected chi connectivity index (χ1v) is 6.67. The highest BCUT2D eigenvalue weighted by Gasteiger charge is 2.19. The van der Waals surface area contributed by atoms with Crippen molar-refractivity contribution in [1.29, 1.82) is 0 Å². The molecule has 0 aliphatic rings. The van der Waals surface area contributed by atoms with Crippen LogP contribution in [0.2, 0.25) is 5.02 Å². The van der Waals surface area contributed by atoms with Gasteiger partial charge in [-0.2, -0.15) is 4.31 Å². The number of nitrogens with one attached hydrogen (secondary N) is 1. The summed E-state index contributed by atoms with van der Waals surface area (Å²) in [5, 5.41) is 3.43. The predicted octanol–water partition coefficient (Wildman–Crippen LogP) is 1.60. The quantitative estimate of drug-likeness (QED) is 0.898. The first kappa shape index (κ1) is 16.7. The number of sulfonamides is 1. The molecule has 1 aromatic carbocycles. The normalized spacial score (nSPS) is 11.3. The van der Waals surface area contributed by atoms with Gasteiger partial charge < -0.3 is 5.32 Å². The maximum Gasteiger partial charge on any atom is 0.242 e. The van der Waals surface area contributed by atoms with Gasteiger partial charge >= 0.3 is 0 Å². The summed E-state index contributed by atoms with van der Waals surface area (Å²) in [6, 6.07) is 6.15. The average molecular weight is 299 g/mol. The van der Waals surface area contributed by atoms with Crippen LogP contribution in [0.4, 0.5) is 0 Å². The molecule has 7 heteroatoms. The minimum absolute atomic E-state index is 0. The third kappa shape index (κ3) is 4.44. The zero-order valence-electron chi connectivity index (χ0n) is 9.68. The summed E-state index contributed by atoms with van der Waals surface area (Å²) in [6.45, 7) is 1.05. The van der Waals surface area contributed by atoms with E-state index >= 15 is 0 Å². The van der Waals surface area contributed by atoms with E-state index in [0.717, 1.165) is 0 Å². The van der Waals surface area contributed by atoms with Crippen molar-refractivity contribution in [3.8, 4) is 0 Å². The van der Waals surface area contributed by atoms with Gasteiger partial charge in [0.05, 0.1) is 4.90 Å². The van der Waals surface area contributed by atoms with E-state index in [2.05, 4.69) is 5.32 Å². The molecule has 1 rings (SSSR count). The van der Waals surface area contributed by atoms with Crippen molar-refractivity contribution >= 4 is 34.0 Å². The average Bonchev–Trinajstić information content (AvgIpc) is 2.26. The lowest BCUT2D eigenvalue weighted by Gasteiger charge is -2.16. The van der Waals surface area contributed by atoms with Crippen LogP contribution in [0.15, 0.2) is 29.2 Å². The van der Waals surface area contributed by atoms with Gasteiger partial charge in [-0.25, -0.2) is 8.42 Å². The van der Waals surface area contributed by atoms with E-state index in [9.17, 15) is 8.42 Å². The van der Waals surface area contributed by atoms with Crippen LogP contribution in [0.5, 0.6) is 0 Å². The van der Waals surface area contributed by atoms with Crippen LogP contribution < -0.4 is 5.32 Å². The minimum Gasteiger partial charge on any atom is -0.318 e. The number of hydrogen-bond acceptors (Lipinski definition) is 3. The summed E-state index contributed by atoms with van der Waals surface area (Å²) in [4.78, 5) is 0.260. The fourth-order valence-corrected chi connectivity index (χ4v) is 2.47. The Morgan fingerprint density at radius 2 is 1.82 bits per heavy atom. The van der Waals surface area contributed by atoms with Crippen molar-refractivity contribution in [3.05, 3.63) is 29.3 Å². The molecule has 0 fully saturated rings. The van der Waals surface area contributed by atoms with E-state index in [1.165, 1.54) is 16.4 Å². The van der Waals surface area contributed by atoms with Gasteiger partial charge in [-0.05, 0) is 31.3 Å². The molecule has 0 spiro atoms. The molecule has 0 heterocycles. The van der Waals surface area contributed by atoms with Crippen LogP contribution in [-0.2, 0) is 10.0 Å². The van der Waals surface area contributed by atoms with E-state index in [-0.39, 0.29) is 17.3 Å². The zero-order chi connectivity index (χ0) is 12.2. The Bertz CT molecular complexity index is 434. The molecule has 0 amide bonds. The van der Waals surface area contributed by atoms with Crippen molar-refractivity contribution in [2.75, 3.05) is 27.2 Å². The second-order valence-corrected chi connectivity index (χ2v) is 5.87. The van der Waals surface area contributed by atoms with Crippen LogP contribution >= 0.6 is 24.0 Å². The Morgan fingerprint density at radius 3 is 2.29 bits per heavy atom. The number of rotatable bonds is 5. The largest absolute Gasteiger partial charge is 0.318 e. The van der Waals surface area contributed by atoms with Crippen LogP contribution in [0, 0.1) is 0 Å². The van der Waals surface area contributed by atoms with Gasteiger partial charge in [0.25, 0.3) is 0 Å². The number of halogens is 2. The Hall–Kier alpha value is -0.330. The Balaban J connectivity index is 0.00000256. The summed E-state index contributed by atoms with van der Waals surface area (Å²) < 4.78 is 25.3. The van der Waals surface area contributed by atoms with Crippen molar-refractivity contribution in [2.24, 2.45) is 0 Å². The summed E-state index contributed by atoms with van der Waals surface area (Å²) in [5.41, 5.74) is 0. The lowest BCUT2D eigenvalue weighted by atomic mass is 10.4. The highest BCUT2D eigenvalue weighted by atomic mass is 35.5. The second-order valence-electron chi connectivity index (χ2n) is 3.38. The number of benzene rings is 1. The van der Waals surface area contributed by atoms with E-state index in [4.69, 9.17) is 11.6 Å². The third-order valence-corrected chi connectivity index (χ3v) is 4.32. The lowest BCUT2D eigenvalue weighted by Crippen LogP contribution is -2.32. The molecule has 0 aromatic heterocycles. The molecule has 0 aliphatic carbocycles. The van der Waals surface area contributed by atoms with Crippen LogP contribution in [-0.4, -0.2) is 39.9 Å². The molecular formula is C10H16Cl2N2O2S. The monoisotopic (exact) mass is 298 g/mol. The summed E-state index contributed by atoms with van der Waals surface area (Å²) >= 11 is 5.71. The first-order valence-electron chi connectivity index (χ1n) is 4.85. The van der Waals surface area contributed by atoms with Crippen molar-refractivity contribution in [3.63, 3.8) is 0 Å². The van der Waals surface area contributed by atoms with Crippen molar-refractivity contribution < 1.29 is 8.42 Å². The molecule has 98 valence electrons. The SMILES string of the molecule is CNCCN(C)S(=O)(=O)c1ccc(Cl)cc1.Cl. The highest BCUT2D eigenvalue weighted by molar-refractivity contribution is 7.89. The van der Waals surface area contributed by atoms with Crippen LogP contribution in [0.25, 0.3) is 0 Å². The fourth-order valence-electron chi connectivity index (χ4n) is 1.18. The molecule has 0 bridgehead atoms. The first-order chi connectivity index (χ1) is 7.48. The predicted molar refractivity (Wildman–Crippen MR) is 72.4 cm³/mol. The Kier molecular flexibility index (Phi) is 7.04. The molecule has 0 unspecified atom stereocenters. The lowest BCUT2D eigenvalue weighted by molar-refractivity contribution is 0.466. The maximum atomic E-state index is 12.0. The molecule has 0 aliphatic heterocycles. The standard InChI is InChI=1S/C10H15ClN2O2S.ClH/c1-12-7-8-13(2)16(14,15)10-5-3-9(11)4-6-10;/h3-6,12H,7-8H2,1-2H3;1H. The smallest absolute Gasteiger partial charge is 0.242 e. The second kappa shape index (κ2) is 7.18. The van der Waals surface area contributed by atoms with Crippen molar-refractivity contribution in [2.45, 2.75) is 4.90 Å². The topological polar surface area (TPSA) is 49.4 Å². The highest BCUT2D eigenvalue weighted by Crippen LogP contribution is 2.16. The van der Waals surface area contributed by atoms with E-state index in [0.29, 0.717) is 18.1 Å². The third-order valence-electron chi connectivity index (χ3n) is 2.20. The Labute approximate surface area is 113 Å².